The number of carbonyl (C=O) groups is 1. The van der Waals surface area contributed by atoms with E-state index in [0.29, 0.717) is 66.1 Å². The monoisotopic (exact) mass is 382 g/mol. The van der Waals surface area contributed by atoms with Crippen LogP contribution in [0.1, 0.15) is 21.9 Å². The Labute approximate surface area is 162 Å². The van der Waals surface area contributed by atoms with E-state index in [0.717, 1.165) is 5.75 Å². The van der Waals surface area contributed by atoms with Gasteiger partial charge in [0.2, 0.25) is 5.71 Å². The average Bonchev–Trinajstić information content (AvgIpc) is 3.04. The molecule has 146 valence electrons. The van der Waals surface area contributed by atoms with E-state index in [2.05, 4.69) is 20.2 Å². The number of aryl methyl sites for hydroxylation is 2. The first-order valence-electron chi connectivity index (χ1n) is 9.12. The van der Waals surface area contributed by atoms with Crippen molar-refractivity contribution >= 4 is 28.5 Å². The van der Waals surface area contributed by atoms with Crippen LogP contribution in [0.15, 0.2) is 28.7 Å². The maximum absolute atomic E-state index is 13.1. The smallest absolute Gasteiger partial charge is 0.260 e. The molecule has 0 aliphatic carbocycles. The number of anilines is 2. The van der Waals surface area contributed by atoms with Gasteiger partial charge >= 0.3 is 0 Å². The number of nitrogens with zero attached hydrogens (tertiary/aromatic N) is 3. The van der Waals surface area contributed by atoms with Gasteiger partial charge in [-0.3, -0.25) is 4.79 Å². The number of carbonyl (C=O) groups excluding carboxylic acids is 1. The first kappa shape index (κ1) is 18.2. The normalized spacial score (nSPS) is 14.3. The molecule has 1 N–H and O–H groups in total. The second-order valence-corrected chi connectivity index (χ2v) is 6.59. The van der Waals surface area contributed by atoms with Gasteiger partial charge in [-0.15, -0.1) is 0 Å². The number of benzene rings is 1. The van der Waals surface area contributed by atoms with E-state index in [1.807, 2.05) is 6.92 Å². The van der Waals surface area contributed by atoms with E-state index in [1.54, 1.807) is 38.3 Å². The van der Waals surface area contributed by atoms with Crippen molar-refractivity contribution in [3.63, 3.8) is 0 Å². The van der Waals surface area contributed by atoms with Crippen molar-refractivity contribution in [2.45, 2.75) is 13.8 Å². The fourth-order valence-corrected chi connectivity index (χ4v) is 3.34. The highest BCUT2D eigenvalue weighted by atomic mass is 16.5. The van der Waals surface area contributed by atoms with Crippen molar-refractivity contribution in [3.05, 3.63) is 41.4 Å². The van der Waals surface area contributed by atoms with Gasteiger partial charge in [-0.1, -0.05) is 0 Å². The van der Waals surface area contributed by atoms with E-state index in [9.17, 15) is 4.79 Å². The highest BCUT2D eigenvalue weighted by Crippen LogP contribution is 2.33. The van der Waals surface area contributed by atoms with Crippen LogP contribution in [0.3, 0.4) is 0 Å². The molecule has 0 radical (unpaired) electrons. The SMILES string of the molecule is COc1ccc(NC(=O)c2c(C)oc3nc(C)nc(N4CCOCC4)c23)cc1. The number of methoxy groups -OCH3 is 1. The molecular formula is C20H22N4O4. The van der Waals surface area contributed by atoms with Gasteiger partial charge in [0.1, 0.15) is 23.2 Å². The zero-order valence-corrected chi connectivity index (χ0v) is 16.1. The topological polar surface area (TPSA) is 89.7 Å². The van der Waals surface area contributed by atoms with Crippen LogP contribution in [0.2, 0.25) is 0 Å². The van der Waals surface area contributed by atoms with Gasteiger partial charge in [0.25, 0.3) is 5.91 Å². The van der Waals surface area contributed by atoms with Crippen molar-refractivity contribution < 1.29 is 18.7 Å². The molecule has 1 fully saturated rings. The van der Waals surface area contributed by atoms with Gasteiger partial charge in [0, 0.05) is 18.8 Å². The summed E-state index contributed by atoms with van der Waals surface area (Å²) in [5.74, 6) is 2.28. The molecule has 1 aliphatic rings. The van der Waals surface area contributed by atoms with Crippen molar-refractivity contribution in [2.24, 2.45) is 0 Å². The predicted octanol–water partition coefficient (Wildman–Crippen LogP) is 2.94. The number of furan rings is 1. The standard InChI is InChI=1S/C20H22N4O4/c1-12-16(19(25)23-14-4-6-15(26-3)7-5-14)17-18(24-8-10-27-11-9-24)21-13(2)22-20(17)28-12/h4-7H,8-11H2,1-3H3,(H,23,25). The molecule has 1 amide bonds. The summed E-state index contributed by atoms with van der Waals surface area (Å²) in [5.41, 5.74) is 1.54. The molecule has 8 heteroatoms. The summed E-state index contributed by atoms with van der Waals surface area (Å²) < 4.78 is 16.4. The molecule has 0 saturated carbocycles. The molecule has 8 nitrogen and oxygen atoms in total. The van der Waals surface area contributed by atoms with Crippen molar-refractivity contribution in [3.8, 4) is 5.75 Å². The third-order valence-corrected chi connectivity index (χ3v) is 4.71. The Balaban J connectivity index is 1.74. The molecule has 4 rings (SSSR count). The average molecular weight is 382 g/mol. The molecule has 1 aromatic carbocycles. The fraction of sp³-hybridized carbons (Fsp3) is 0.350. The van der Waals surface area contributed by atoms with E-state index in [4.69, 9.17) is 13.9 Å². The molecule has 0 bridgehead atoms. The molecule has 0 atom stereocenters. The summed E-state index contributed by atoms with van der Waals surface area (Å²) in [7, 11) is 1.60. The highest BCUT2D eigenvalue weighted by Gasteiger charge is 2.26. The molecule has 28 heavy (non-hydrogen) atoms. The van der Waals surface area contributed by atoms with Gasteiger partial charge in [-0.25, -0.2) is 4.98 Å². The second kappa shape index (κ2) is 7.47. The minimum Gasteiger partial charge on any atom is -0.497 e. The number of fused-ring (bicyclic) bond motifs is 1. The third kappa shape index (κ3) is 3.38. The Hall–Kier alpha value is -3.13. The van der Waals surface area contributed by atoms with Crippen LogP contribution in [-0.2, 0) is 4.74 Å². The van der Waals surface area contributed by atoms with E-state index >= 15 is 0 Å². The number of rotatable bonds is 4. The lowest BCUT2D eigenvalue weighted by Gasteiger charge is -2.28. The quantitative estimate of drug-likeness (QED) is 0.742. The van der Waals surface area contributed by atoms with Crippen LogP contribution in [0, 0.1) is 13.8 Å². The summed E-state index contributed by atoms with van der Waals surface area (Å²) in [4.78, 5) is 24.2. The second-order valence-electron chi connectivity index (χ2n) is 6.59. The molecule has 3 aromatic rings. The van der Waals surface area contributed by atoms with Crippen LogP contribution in [0.4, 0.5) is 11.5 Å². The third-order valence-electron chi connectivity index (χ3n) is 4.71. The maximum Gasteiger partial charge on any atom is 0.260 e. The van der Waals surface area contributed by atoms with Crippen LogP contribution < -0.4 is 15.0 Å². The Kier molecular flexibility index (Phi) is 4.87. The summed E-state index contributed by atoms with van der Waals surface area (Å²) in [6.45, 7) is 6.23. The Morgan fingerprint density at radius 3 is 2.54 bits per heavy atom. The maximum atomic E-state index is 13.1. The fourth-order valence-electron chi connectivity index (χ4n) is 3.34. The number of nitrogens with one attached hydrogen (secondary N) is 1. The van der Waals surface area contributed by atoms with Crippen LogP contribution >= 0.6 is 0 Å². The van der Waals surface area contributed by atoms with Gasteiger partial charge in [-0.05, 0) is 38.1 Å². The first-order valence-corrected chi connectivity index (χ1v) is 9.12. The Bertz CT molecular complexity index is 1010. The van der Waals surface area contributed by atoms with Gasteiger partial charge in [-0.2, -0.15) is 4.98 Å². The van der Waals surface area contributed by atoms with Crippen molar-refractivity contribution in [1.29, 1.82) is 0 Å². The molecule has 0 spiro atoms. The number of morpholine rings is 1. The zero-order chi connectivity index (χ0) is 19.7. The zero-order valence-electron chi connectivity index (χ0n) is 16.1. The molecular weight excluding hydrogens is 360 g/mol. The Morgan fingerprint density at radius 2 is 1.86 bits per heavy atom. The molecule has 3 heterocycles. The number of aromatic nitrogens is 2. The van der Waals surface area contributed by atoms with Gasteiger partial charge in [0.15, 0.2) is 0 Å². The lowest BCUT2D eigenvalue weighted by atomic mass is 10.1. The first-order chi connectivity index (χ1) is 13.6. The largest absolute Gasteiger partial charge is 0.497 e. The molecule has 2 aromatic heterocycles. The number of hydrogen-bond acceptors (Lipinski definition) is 7. The minimum absolute atomic E-state index is 0.261. The summed E-state index contributed by atoms with van der Waals surface area (Å²) >= 11 is 0. The lowest BCUT2D eigenvalue weighted by Crippen LogP contribution is -2.37. The molecule has 1 aliphatic heterocycles. The van der Waals surface area contributed by atoms with Crippen molar-refractivity contribution in [1.82, 2.24) is 9.97 Å². The van der Waals surface area contributed by atoms with E-state index < -0.39 is 0 Å². The van der Waals surface area contributed by atoms with Crippen molar-refractivity contribution in [2.75, 3.05) is 43.6 Å². The summed E-state index contributed by atoms with van der Waals surface area (Å²) in [5, 5.41) is 3.56. The number of amides is 1. The molecule has 1 saturated heterocycles. The molecule has 0 unspecified atom stereocenters. The van der Waals surface area contributed by atoms with Gasteiger partial charge < -0.3 is 24.1 Å². The van der Waals surface area contributed by atoms with E-state index in [-0.39, 0.29) is 5.91 Å². The Morgan fingerprint density at radius 1 is 1.14 bits per heavy atom. The lowest BCUT2D eigenvalue weighted by molar-refractivity contribution is 0.102. The van der Waals surface area contributed by atoms with Crippen LogP contribution in [0.5, 0.6) is 5.75 Å². The minimum atomic E-state index is -0.261. The summed E-state index contributed by atoms with van der Waals surface area (Å²) in [6, 6.07) is 7.17. The highest BCUT2D eigenvalue weighted by molar-refractivity contribution is 6.15. The summed E-state index contributed by atoms with van der Waals surface area (Å²) in [6.07, 6.45) is 0. The predicted molar refractivity (Wildman–Crippen MR) is 105 cm³/mol. The number of hydrogen-bond donors (Lipinski definition) is 1. The van der Waals surface area contributed by atoms with E-state index in [1.165, 1.54) is 0 Å². The van der Waals surface area contributed by atoms with Crippen LogP contribution in [0.25, 0.3) is 11.1 Å². The van der Waals surface area contributed by atoms with Gasteiger partial charge in [0.05, 0.1) is 31.3 Å². The number of ether oxygens (including phenoxy) is 2. The van der Waals surface area contributed by atoms with Crippen LogP contribution in [-0.4, -0.2) is 49.3 Å².